The first-order valence-electron chi connectivity index (χ1n) is 12.2. The molecule has 1 aromatic carbocycles. The van der Waals surface area contributed by atoms with Crippen LogP contribution < -0.4 is 10.2 Å². The summed E-state index contributed by atoms with van der Waals surface area (Å²) in [5.41, 5.74) is 3.06. The number of ether oxygens (including phenoxy) is 1. The molecule has 0 spiro atoms. The van der Waals surface area contributed by atoms with Gasteiger partial charge in [-0.2, -0.15) is 14.6 Å². The number of anilines is 1. The molecule has 0 bridgehead atoms. The van der Waals surface area contributed by atoms with Crippen molar-refractivity contribution in [2.24, 2.45) is 0 Å². The summed E-state index contributed by atoms with van der Waals surface area (Å²) in [6.45, 7) is 6.62. The van der Waals surface area contributed by atoms with Crippen molar-refractivity contribution in [3.63, 3.8) is 0 Å². The van der Waals surface area contributed by atoms with Gasteiger partial charge in [-0.15, -0.1) is 0 Å². The fraction of sp³-hybridized carbons (Fsp3) is 0.480. The molecule has 3 aromatic rings. The number of hydrogen-bond acceptors (Lipinski definition) is 7. The van der Waals surface area contributed by atoms with Gasteiger partial charge in [-0.1, -0.05) is 30.3 Å². The molecule has 2 atom stereocenters. The van der Waals surface area contributed by atoms with Gasteiger partial charge in [-0.25, -0.2) is 9.78 Å². The maximum absolute atomic E-state index is 12.9. The summed E-state index contributed by atoms with van der Waals surface area (Å²) in [5.74, 6) is 1.59. The van der Waals surface area contributed by atoms with Crippen molar-refractivity contribution in [3.05, 3.63) is 53.5 Å². The predicted molar refractivity (Wildman–Crippen MR) is 130 cm³/mol. The van der Waals surface area contributed by atoms with Gasteiger partial charge in [0, 0.05) is 55.8 Å². The number of esters is 1. The number of carbonyl (C=O) groups excluding carboxylic acids is 2. The van der Waals surface area contributed by atoms with Gasteiger partial charge in [-0.05, 0) is 32.3 Å². The maximum Gasteiger partial charge on any atom is 0.317 e. The summed E-state index contributed by atoms with van der Waals surface area (Å²) in [6, 6.07) is 10.5. The molecule has 1 aliphatic heterocycles. The van der Waals surface area contributed by atoms with E-state index in [1.54, 1.807) is 11.4 Å². The van der Waals surface area contributed by atoms with E-state index >= 15 is 0 Å². The average Bonchev–Trinajstić information content (AvgIpc) is 3.48. The normalized spacial score (nSPS) is 19.6. The lowest BCUT2D eigenvalue weighted by atomic mass is 10.1. The number of nitrogens with one attached hydrogen (secondary N) is 1. The Morgan fingerprint density at radius 3 is 2.66 bits per heavy atom. The monoisotopic (exact) mass is 477 g/mol. The van der Waals surface area contributed by atoms with Crippen LogP contribution in [0.1, 0.15) is 42.5 Å². The number of benzene rings is 1. The van der Waals surface area contributed by atoms with Crippen molar-refractivity contribution in [1.29, 1.82) is 0 Å². The van der Waals surface area contributed by atoms with Crippen molar-refractivity contribution in [1.82, 2.24) is 29.8 Å². The Bertz CT molecular complexity index is 1200. The van der Waals surface area contributed by atoms with Crippen LogP contribution in [-0.4, -0.2) is 75.3 Å². The lowest BCUT2D eigenvalue weighted by Gasteiger charge is -2.37. The fourth-order valence-electron chi connectivity index (χ4n) is 4.84. The summed E-state index contributed by atoms with van der Waals surface area (Å²) in [6.07, 6.45) is 3.25. The summed E-state index contributed by atoms with van der Waals surface area (Å²) in [7, 11) is 0. The first kappa shape index (κ1) is 23.1. The van der Waals surface area contributed by atoms with Gasteiger partial charge in [0.25, 0.3) is 5.78 Å². The third-order valence-electron chi connectivity index (χ3n) is 6.78. The SMILES string of the molecule is CCOC(=O)CCc1c(C)nc2ncnn2c1N1CCN(C(=O)NC2C[C@H]2c2ccccc2)CC1. The molecular formula is C25H31N7O3. The molecule has 35 heavy (non-hydrogen) atoms. The molecule has 2 amide bonds. The number of piperazine rings is 1. The largest absolute Gasteiger partial charge is 0.466 e. The van der Waals surface area contributed by atoms with E-state index in [4.69, 9.17) is 4.74 Å². The van der Waals surface area contributed by atoms with Gasteiger partial charge in [0.15, 0.2) is 0 Å². The number of nitrogens with zero attached hydrogens (tertiary/aromatic N) is 6. The van der Waals surface area contributed by atoms with Crippen molar-refractivity contribution in [2.75, 3.05) is 37.7 Å². The highest BCUT2D eigenvalue weighted by molar-refractivity contribution is 5.76. The van der Waals surface area contributed by atoms with E-state index in [1.165, 1.54) is 11.9 Å². The van der Waals surface area contributed by atoms with Crippen molar-refractivity contribution in [2.45, 2.75) is 45.1 Å². The molecule has 10 heteroatoms. The van der Waals surface area contributed by atoms with Crippen LogP contribution in [0.4, 0.5) is 10.6 Å². The Balaban J connectivity index is 1.25. The Kier molecular flexibility index (Phi) is 6.52. The molecule has 1 saturated heterocycles. The van der Waals surface area contributed by atoms with Gasteiger partial charge in [-0.3, -0.25) is 4.79 Å². The number of rotatable bonds is 7. The number of amides is 2. The van der Waals surface area contributed by atoms with E-state index in [-0.39, 0.29) is 24.5 Å². The van der Waals surface area contributed by atoms with Crippen LogP contribution in [0, 0.1) is 6.92 Å². The van der Waals surface area contributed by atoms with Crippen LogP contribution in [-0.2, 0) is 16.0 Å². The molecular weight excluding hydrogens is 446 g/mol. The van der Waals surface area contributed by atoms with Gasteiger partial charge in [0.2, 0.25) is 0 Å². The maximum atomic E-state index is 12.9. The number of fused-ring (bicyclic) bond motifs is 1. The van der Waals surface area contributed by atoms with Crippen LogP contribution >= 0.6 is 0 Å². The van der Waals surface area contributed by atoms with Crippen LogP contribution in [0.25, 0.3) is 5.78 Å². The number of hydrogen-bond donors (Lipinski definition) is 1. The second kappa shape index (κ2) is 9.89. The zero-order valence-electron chi connectivity index (χ0n) is 20.2. The van der Waals surface area contributed by atoms with Crippen LogP contribution in [0.5, 0.6) is 0 Å². The quantitative estimate of drug-likeness (QED) is 0.521. The Morgan fingerprint density at radius 1 is 1.14 bits per heavy atom. The average molecular weight is 478 g/mol. The summed E-state index contributed by atoms with van der Waals surface area (Å²) >= 11 is 0. The zero-order valence-corrected chi connectivity index (χ0v) is 20.2. The molecule has 5 rings (SSSR count). The fourth-order valence-corrected chi connectivity index (χ4v) is 4.84. The van der Waals surface area contributed by atoms with Gasteiger partial charge in [0.1, 0.15) is 12.1 Å². The van der Waals surface area contributed by atoms with Gasteiger partial charge < -0.3 is 19.9 Å². The van der Waals surface area contributed by atoms with Gasteiger partial charge in [0.05, 0.1) is 6.61 Å². The summed E-state index contributed by atoms with van der Waals surface area (Å²) in [5, 5.41) is 7.59. The molecule has 1 saturated carbocycles. The first-order valence-corrected chi connectivity index (χ1v) is 12.2. The van der Waals surface area contributed by atoms with E-state index < -0.39 is 0 Å². The highest BCUT2D eigenvalue weighted by Gasteiger charge is 2.40. The van der Waals surface area contributed by atoms with Crippen LogP contribution in [0.2, 0.25) is 0 Å². The molecule has 1 unspecified atom stereocenters. The number of aromatic nitrogens is 4. The minimum atomic E-state index is -0.230. The molecule has 2 fully saturated rings. The second-order valence-electron chi connectivity index (χ2n) is 9.06. The lowest BCUT2D eigenvalue weighted by Crippen LogP contribution is -2.53. The number of carbonyl (C=O) groups is 2. The van der Waals surface area contributed by atoms with Gasteiger partial charge >= 0.3 is 12.0 Å². The molecule has 1 aliphatic carbocycles. The van der Waals surface area contributed by atoms with Crippen molar-refractivity contribution in [3.8, 4) is 0 Å². The predicted octanol–water partition coefficient (Wildman–Crippen LogP) is 2.32. The lowest BCUT2D eigenvalue weighted by molar-refractivity contribution is -0.143. The molecule has 10 nitrogen and oxygen atoms in total. The van der Waals surface area contributed by atoms with Crippen molar-refractivity contribution < 1.29 is 14.3 Å². The molecule has 1 N–H and O–H groups in total. The van der Waals surface area contributed by atoms with E-state index in [0.717, 1.165) is 23.5 Å². The van der Waals surface area contributed by atoms with E-state index in [9.17, 15) is 9.59 Å². The summed E-state index contributed by atoms with van der Waals surface area (Å²) in [4.78, 5) is 37.8. The minimum absolute atomic E-state index is 0.00701. The molecule has 0 radical (unpaired) electrons. The van der Waals surface area contributed by atoms with Crippen molar-refractivity contribution >= 4 is 23.6 Å². The number of aryl methyl sites for hydroxylation is 1. The highest BCUT2D eigenvalue weighted by atomic mass is 16.5. The van der Waals surface area contributed by atoms with E-state index in [0.29, 0.717) is 50.9 Å². The Morgan fingerprint density at radius 2 is 1.91 bits per heavy atom. The summed E-state index contributed by atoms with van der Waals surface area (Å²) < 4.78 is 6.85. The van der Waals surface area contributed by atoms with Crippen LogP contribution in [0.3, 0.4) is 0 Å². The standard InChI is InChI=1S/C25H31N7O3/c1-3-35-22(33)10-9-19-17(2)28-24-26-16-27-32(24)23(19)30-11-13-31(14-12-30)25(34)29-21-15-20(21)18-7-5-4-6-8-18/h4-8,16,20-21H,3,9-15H2,1-2H3,(H,29,34)/t20-,21?/m0/s1. The topological polar surface area (TPSA) is 105 Å². The third kappa shape index (κ3) is 4.91. The Hall–Kier alpha value is -3.69. The molecule has 3 heterocycles. The van der Waals surface area contributed by atoms with Crippen LogP contribution in [0.15, 0.2) is 36.7 Å². The first-order chi connectivity index (χ1) is 17.0. The van der Waals surface area contributed by atoms with E-state index in [1.807, 2.05) is 30.0 Å². The molecule has 2 aromatic heterocycles. The second-order valence-corrected chi connectivity index (χ2v) is 9.06. The smallest absolute Gasteiger partial charge is 0.317 e. The molecule has 184 valence electrons. The highest BCUT2D eigenvalue weighted by Crippen LogP contribution is 2.40. The third-order valence-corrected chi connectivity index (χ3v) is 6.78. The molecule has 2 aliphatic rings. The zero-order chi connectivity index (χ0) is 24.4. The number of urea groups is 1. The Labute approximate surface area is 204 Å². The van der Waals surface area contributed by atoms with E-state index in [2.05, 4.69) is 37.4 Å². The minimum Gasteiger partial charge on any atom is -0.466 e.